The molecule has 0 radical (unpaired) electrons. The molecule has 2 rings (SSSR count). The van der Waals surface area contributed by atoms with Crippen molar-refractivity contribution in [3.63, 3.8) is 0 Å². The molecule has 0 saturated carbocycles. The van der Waals surface area contributed by atoms with Crippen LogP contribution in [-0.4, -0.2) is 25.5 Å². The fraction of sp³-hybridized carbons (Fsp3) is 0.0909. The number of hydrogen-bond donors (Lipinski definition) is 1. The standard InChI is InChI=1S/C11H9ClFN3O3S/c1-19-9-3-2-7(6-8(9)13)20(17,18)16-11-10(12)14-4-5-15-11/h2-6H,1H3,(H,15,16). The first-order chi connectivity index (χ1) is 9.44. The van der Waals surface area contributed by atoms with Crippen LogP contribution in [0, 0.1) is 5.82 Å². The Hall–Kier alpha value is -1.93. The van der Waals surface area contributed by atoms with Crippen LogP contribution in [-0.2, 0) is 10.0 Å². The molecule has 0 aliphatic carbocycles. The molecule has 106 valence electrons. The van der Waals surface area contributed by atoms with E-state index in [9.17, 15) is 12.8 Å². The maximum atomic E-state index is 13.5. The van der Waals surface area contributed by atoms with Gasteiger partial charge in [-0.2, -0.15) is 0 Å². The molecule has 9 heteroatoms. The molecule has 6 nitrogen and oxygen atoms in total. The third-order valence-electron chi connectivity index (χ3n) is 2.32. The van der Waals surface area contributed by atoms with Crippen molar-refractivity contribution in [3.8, 4) is 5.75 Å². The Morgan fingerprint density at radius 2 is 2.00 bits per heavy atom. The Bertz CT molecular complexity index is 739. The number of anilines is 1. The Morgan fingerprint density at radius 1 is 1.30 bits per heavy atom. The van der Waals surface area contributed by atoms with E-state index >= 15 is 0 Å². The van der Waals surface area contributed by atoms with E-state index in [1.54, 1.807) is 0 Å². The second-order valence-corrected chi connectivity index (χ2v) is 5.64. The molecule has 0 fully saturated rings. The van der Waals surface area contributed by atoms with Gasteiger partial charge in [-0.1, -0.05) is 11.6 Å². The molecule has 0 amide bonds. The van der Waals surface area contributed by atoms with Crippen LogP contribution in [0.3, 0.4) is 0 Å². The normalized spacial score (nSPS) is 11.2. The summed E-state index contributed by atoms with van der Waals surface area (Å²) in [5.41, 5.74) is 0. The first-order valence-corrected chi connectivity index (χ1v) is 7.13. The lowest BCUT2D eigenvalue weighted by Gasteiger charge is -2.09. The first kappa shape index (κ1) is 14.5. The molecule has 20 heavy (non-hydrogen) atoms. The largest absolute Gasteiger partial charge is 0.494 e. The number of nitrogens with one attached hydrogen (secondary N) is 1. The number of ether oxygens (including phenoxy) is 1. The van der Waals surface area contributed by atoms with Crippen molar-refractivity contribution in [1.82, 2.24) is 9.97 Å². The quantitative estimate of drug-likeness (QED) is 0.933. The highest BCUT2D eigenvalue weighted by Crippen LogP contribution is 2.23. The minimum atomic E-state index is -4.02. The lowest BCUT2D eigenvalue weighted by molar-refractivity contribution is 0.385. The third kappa shape index (κ3) is 2.97. The number of hydrogen-bond acceptors (Lipinski definition) is 5. The van der Waals surface area contributed by atoms with Crippen LogP contribution in [0.5, 0.6) is 5.75 Å². The van der Waals surface area contributed by atoms with E-state index in [1.807, 2.05) is 0 Å². The summed E-state index contributed by atoms with van der Waals surface area (Å²) in [4.78, 5) is 7.15. The van der Waals surface area contributed by atoms with E-state index in [0.29, 0.717) is 0 Å². The monoisotopic (exact) mass is 317 g/mol. The van der Waals surface area contributed by atoms with Crippen LogP contribution >= 0.6 is 11.6 Å². The molecular weight excluding hydrogens is 309 g/mol. The van der Waals surface area contributed by atoms with Crippen LogP contribution in [0.2, 0.25) is 5.15 Å². The fourth-order valence-corrected chi connectivity index (χ4v) is 2.63. The van der Waals surface area contributed by atoms with Gasteiger partial charge in [-0.05, 0) is 18.2 Å². The zero-order valence-electron chi connectivity index (χ0n) is 10.2. The number of sulfonamides is 1. The van der Waals surface area contributed by atoms with Gasteiger partial charge in [0.1, 0.15) is 0 Å². The fourth-order valence-electron chi connectivity index (χ4n) is 1.39. The van der Waals surface area contributed by atoms with E-state index in [0.717, 1.165) is 6.07 Å². The average molecular weight is 318 g/mol. The van der Waals surface area contributed by atoms with Crippen molar-refractivity contribution in [2.24, 2.45) is 0 Å². The van der Waals surface area contributed by atoms with Gasteiger partial charge in [0.15, 0.2) is 22.5 Å². The second-order valence-electron chi connectivity index (χ2n) is 3.60. The second kappa shape index (κ2) is 5.59. The van der Waals surface area contributed by atoms with E-state index < -0.39 is 15.8 Å². The molecule has 1 heterocycles. The lowest BCUT2D eigenvalue weighted by Crippen LogP contribution is -2.14. The zero-order chi connectivity index (χ0) is 14.8. The van der Waals surface area contributed by atoms with Gasteiger partial charge in [0.25, 0.3) is 10.0 Å². The van der Waals surface area contributed by atoms with Gasteiger partial charge in [0.2, 0.25) is 0 Å². The molecular formula is C11H9ClFN3O3S. The van der Waals surface area contributed by atoms with Crippen molar-refractivity contribution in [2.75, 3.05) is 11.8 Å². The molecule has 0 bridgehead atoms. The number of rotatable bonds is 4. The Morgan fingerprint density at radius 3 is 2.60 bits per heavy atom. The smallest absolute Gasteiger partial charge is 0.263 e. The summed E-state index contributed by atoms with van der Waals surface area (Å²) >= 11 is 5.70. The van der Waals surface area contributed by atoms with Crippen molar-refractivity contribution < 1.29 is 17.5 Å². The SMILES string of the molecule is COc1ccc(S(=O)(=O)Nc2nccnc2Cl)cc1F. The number of nitrogens with zero attached hydrogens (tertiary/aromatic N) is 2. The number of halogens is 2. The predicted octanol–water partition coefficient (Wildman–Crippen LogP) is 2.08. The number of benzene rings is 1. The van der Waals surface area contributed by atoms with Crippen LogP contribution in [0.4, 0.5) is 10.2 Å². The van der Waals surface area contributed by atoms with Gasteiger partial charge in [0, 0.05) is 12.4 Å². The number of aromatic nitrogens is 2. The molecule has 1 aromatic heterocycles. The molecule has 1 aromatic carbocycles. The summed E-state index contributed by atoms with van der Waals surface area (Å²) in [6.07, 6.45) is 2.59. The maximum Gasteiger partial charge on any atom is 0.263 e. The summed E-state index contributed by atoms with van der Waals surface area (Å²) in [5, 5.41) is -0.106. The minimum Gasteiger partial charge on any atom is -0.494 e. The topological polar surface area (TPSA) is 81.2 Å². The van der Waals surface area contributed by atoms with E-state index in [2.05, 4.69) is 14.7 Å². The highest BCUT2D eigenvalue weighted by molar-refractivity contribution is 7.92. The maximum absolute atomic E-state index is 13.5. The molecule has 0 aliphatic heterocycles. The Kier molecular flexibility index (Phi) is 4.05. The van der Waals surface area contributed by atoms with E-state index in [-0.39, 0.29) is 21.6 Å². The zero-order valence-corrected chi connectivity index (χ0v) is 11.7. The van der Waals surface area contributed by atoms with E-state index in [1.165, 1.54) is 31.6 Å². The molecule has 2 aromatic rings. The molecule has 0 aliphatic rings. The summed E-state index contributed by atoms with van der Waals surface area (Å²) in [6, 6.07) is 3.25. The van der Waals surface area contributed by atoms with Crippen LogP contribution in [0.1, 0.15) is 0 Å². The van der Waals surface area contributed by atoms with Gasteiger partial charge < -0.3 is 4.74 Å². The third-order valence-corrected chi connectivity index (χ3v) is 3.93. The van der Waals surface area contributed by atoms with Crippen molar-refractivity contribution in [2.45, 2.75) is 4.90 Å². The van der Waals surface area contributed by atoms with Crippen molar-refractivity contribution >= 4 is 27.4 Å². The number of methoxy groups -OCH3 is 1. The summed E-state index contributed by atoms with van der Waals surface area (Å²) in [5.74, 6) is -0.979. The van der Waals surface area contributed by atoms with Crippen molar-refractivity contribution in [3.05, 3.63) is 41.6 Å². The molecule has 0 atom stereocenters. The predicted molar refractivity (Wildman–Crippen MR) is 70.8 cm³/mol. The highest BCUT2D eigenvalue weighted by Gasteiger charge is 2.19. The van der Waals surface area contributed by atoms with Gasteiger partial charge in [0.05, 0.1) is 12.0 Å². The van der Waals surface area contributed by atoms with Gasteiger partial charge in [-0.25, -0.2) is 22.8 Å². The molecule has 0 spiro atoms. The van der Waals surface area contributed by atoms with Crippen LogP contribution in [0.25, 0.3) is 0 Å². The molecule has 0 saturated heterocycles. The summed E-state index contributed by atoms with van der Waals surface area (Å²) < 4.78 is 44.5. The summed E-state index contributed by atoms with van der Waals surface area (Å²) in [6.45, 7) is 0. The average Bonchev–Trinajstić information content (AvgIpc) is 2.41. The Balaban J connectivity index is 2.36. The lowest BCUT2D eigenvalue weighted by atomic mass is 10.3. The van der Waals surface area contributed by atoms with Gasteiger partial charge in [-0.15, -0.1) is 0 Å². The van der Waals surface area contributed by atoms with E-state index in [4.69, 9.17) is 16.3 Å². The minimum absolute atomic E-state index is 0.0542. The van der Waals surface area contributed by atoms with Crippen LogP contribution in [0.15, 0.2) is 35.5 Å². The van der Waals surface area contributed by atoms with Crippen LogP contribution < -0.4 is 9.46 Å². The highest BCUT2D eigenvalue weighted by atomic mass is 35.5. The Labute approximate surface area is 119 Å². The molecule has 0 unspecified atom stereocenters. The summed E-state index contributed by atoms with van der Waals surface area (Å²) in [7, 11) is -2.73. The molecule has 1 N–H and O–H groups in total. The first-order valence-electron chi connectivity index (χ1n) is 5.27. The van der Waals surface area contributed by atoms with Gasteiger partial charge >= 0.3 is 0 Å². The van der Waals surface area contributed by atoms with Gasteiger partial charge in [-0.3, -0.25) is 4.72 Å². The van der Waals surface area contributed by atoms with Crippen molar-refractivity contribution in [1.29, 1.82) is 0 Å².